The molecule has 0 aliphatic rings. The number of aromatic nitrogens is 3. The van der Waals surface area contributed by atoms with Crippen molar-refractivity contribution < 1.29 is 22.7 Å². The molecule has 3 aromatic rings. The molecule has 3 N–H and O–H groups in total. The number of nitrogens with two attached hydrogens (primary N) is 1. The van der Waals surface area contributed by atoms with Crippen LogP contribution in [0.25, 0.3) is 11.3 Å². The molecule has 0 aliphatic heterocycles. The van der Waals surface area contributed by atoms with E-state index in [9.17, 15) is 13.2 Å². The van der Waals surface area contributed by atoms with E-state index < -0.39 is 16.0 Å². The number of hydrogen-bond acceptors (Lipinski definition) is 7. The van der Waals surface area contributed by atoms with Gasteiger partial charge in [0.25, 0.3) is 0 Å². The van der Waals surface area contributed by atoms with Gasteiger partial charge in [-0.3, -0.25) is 9.69 Å². The van der Waals surface area contributed by atoms with Gasteiger partial charge >= 0.3 is 5.97 Å². The summed E-state index contributed by atoms with van der Waals surface area (Å²) in [5, 5.41) is 22.8. The second kappa shape index (κ2) is 10.1. The lowest BCUT2D eigenvalue weighted by Crippen LogP contribution is -2.34. The van der Waals surface area contributed by atoms with Crippen molar-refractivity contribution in [2.24, 2.45) is 11.1 Å². The Morgan fingerprint density at radius 3 is 2.53 bits per heavy atom. The van der Waals surface area contributed by atoms with Crippen LogP contribution in [-0.4, -0.2) is 52.5 Å². The third-order valence-electron chi connectivity index (χ3n) is 5.14. The first kappa shape index (κ1) is 23.6. The minimum atomic E-state index is -3.76. The number of sulfonamides is 1. The maximum Gasteiger partial charge on any atom is 0.304 e. The molecule has 0 fully saturated rings. The predicted molar refractivity (Wildman–Crippen MR) is 117 cm³/mol. The van der Waals surface area contributed by atoms with E-state index in [1.54, 1.807) is 35.3 Å². The highest BCUT2D eigenvalue weighted by molar-refractivity contribution is 7.89. The van der Waals surface area contributed by atoms with Gasteiger partial charge in [-0.2, -0.15) is 0 Å². The Morgan fingerprint density at radius 2 is 1.97 bits per heavy atom. The quantitative estimate of drug-likeness (QED) is 0.443. The average molecular weight is 462 g/mol. The van der Waals surface area contributed by atoms with Crippen molar-refractivity contribution in [3.8, 4) is 11.3 Å². The number of hydrogen-bond donors (Lipinski definition) is 2. The fourth-order valence-corrected chi connectivity index (χ4v) is 3.88. The molecule has 11 heteroatoms. The van der Waals surface area contributed by atoms with Crippen molar-refractivity contribution in [1.29, 1.82) is 0 Å². The number of aliphatic carboxylic acids is 1. The molecule has 172 valence electrons. The van der Waals surface area contributed by atoms with E-state index in [-0.39, 0.29) is 23.3 Å². The van der Waals surface area contributed by atoms with Gasteiger partial charge in [0.2, 0.25) is 10.0 Å². The van der Waals surface area contributed by atoms with Crippen molar-refractivity contribution in [3.05, 3.63) is 54.6 Å². The lowest BCUT2D eigenvalue weighted by atomic mass is 10.0. The predicted octanol–water partition coefficient (Wildman–Crippen LogP) is 2.36. The van der Waals surface area contributed by atoms with Crippen LogP contribution in [0.15, 0.2) is 58.2 Å². The molecule has 1 aromatic carbocycles. The van der Waals surface area contributed by atoms with E-state index in [1.807, 2.05) is 11.0 Å². The Kier molecular flexibility index (Phi) is 7.44. The Balaban J connectivity index is 1.79. The summed E-state index contributed by atoms with van der Waals surface area (Å²) in [7, 11) is -3.76. The zero-order valence-corrected chi connectivity index (χ0v) is 18.8. The van der Waals surface area contributed by atoms with Crippen LogP contribution in [0.3, 0.4) is 0 Å². The molecule has 0 amide bonds. The van der Waals surface area contributed by atoms with E-state index in [0.29, 0.717) is 30.9 Å². The van der Waals surface area contributed by atoms with E-state index in [1.165, 1.54) is 12.1 Å². The van der Waals surface area contributed by atoms with Gasteiger partial charge in [-0.1, -0.05) is 31.2 Å². The number of primary sulfonamides is 1. The second-order valence-corrected chi connectivity index (χ2v) is 9.48. The molecular weight excluding hydrogens is 434 g/mol. The molecule has 0 aliphatic carbocycles. The highest BCUT2D eigenvalue weighted by Gasteiger charge is 2.23. The Bertz CT molecular complexity index is 1120. The zero-order chi connectivity index (χ0) is 23.3. The number of carboxylic acids is 1. The summed E-state index contributed by atoms with van der Waals surface area (Å²) in [4.78, 5) is 13.2. The van der Waals surface area contributed by atoms with Gasteiger partial charge in [0.15, 0.2) is 0 Å². The second-order valence-electron chi connectivity index (χ2n) is 7.92. The van der Waals surface area contributed by atoms with Crippen LogP contribution in [0.1, 0.15) is 32.1 Å². The highest BCUT2D eigenvalue weighted by Crippen LogP contribution is 2.24. The van der Waals surface area contributed by atoms with Gasteiger partial charge in [-0.05, 0) is 30.2 Å². The van der Waals surface area contributed by atoms with Crippen LogP contribution in [-0.2, 0) is 21.4 Å². The van der Waals surface area contributed by atoms with Gasteiger partial charge < -0.3 is 9.52 Å². The zero-order valence-electron chi connectivity index (χ0n) is 18.0. The molecule has 1 atom stereocenters. The van der Waals surface area contributed by atoms with Crippen LogP contribution in [0.5, 0.6) is 0 Å². The first-order chi connectivity index (χ1) is 15.1. The minimum absolute atomic E-state index is 0.0184. The van der Waals surface area contributed by atoms with Crippen LogP contribution in [0, 0.1) is 5.92 Å². The lowest BCUT2D eigenvalue weighted by molar-refractivity contribution is -0.137. The summed E-state index contributed by atoms with van der Waals surface area (Å²) in [5.74, 6) is 0.0897. The third kappa shape index (κ3) is 6.25. The maximum atomic E-state index is 11.5. The van der Waals surface area contributed by atoms with Crippen molar-refractivity contribution in [2.45, 2.75) is 37.8 Å². The van der Waals surface area contributed by atoms with E-state index >= 15 is 0 Å². The standard InChI is InChI=1S/C21H27N5O5S/c1-15(2)20(14-25(10-9-21(27)28)12-17-4-3-11-31-17)26-13-19(23-24-26)16-5-7-18(8-6-16)32(22,29)30/h3-8,11,13,15,20H,9-10,12,14H2,1-2H3,(H,27,28)(H2,22,29,30). The smallest absolute Gasteiger partial charge is 0.304 e. The van der Waals surface area contributed by atoms with Gasteiger partial charge in [-0.15, -0.1) is 5.10 Å². The molecular formula is C21H27N5O5S. The summed E-state index contributed by atoms with van der Waals surface area (Å²) in [6.45, 7) is 5.54. The van der Waals surface area contributed by atoms with Gasteiger partial charge in [0.1, 0.15) is 11.5 Å². The van der Waals surface area contributed by atoms with Crippen molar-refractivity contribution in [2.75, 3.05) is 13.1 Å². The normalized spacial score (nSPS) is 13.0. The molecule has 3 rings (SSSR count). The Hall–Kier alpha value is -3.02. The highest BCUT2D eigenvalue weighted by atomic mass is 32.2. The summed E-state index contributed by atoms with van der Waals surface area (Å²) >= 11 is 0. The topological polar surface area (TPSA) is 145 Å². The summed E-state index contributed by atoms with van der Waals surface area (Å²) in [6.07, 6.45) is 3.42. The molecule has 0 spiro atoms. The van der Waals surface area contributed by atoms with Crippen LogP contribution in [0.4, 0.5) is 0 Å². The van der Waals surface area contributed by atoms with Crippen molar-refractivity contribution in [1.82, 2.24) is 19.9 Å². The molecule has 32 heavy (non-hydrogen) atoms. The Morgan fingerprint density at radius 1 is 1.25 bits per heavy atom. The molecule has 0 radical (unpaired) electrons. The van der Waals surface area contributed by atoms with Crippen molar-refractivity contribution >= 4 is 16.0 Å². The van der Waals surface area contributed by atoms with E-state index in [2.05, 4.69) is 24.2 Å². The van der Waals surface area contributed by atoms with Crippen molar-refractivity contribution in [3.63, 3.8) is 0 Å². The number of carbonyl (C=O) groups is 1. The van der Waals surface area contributed by atoms with E-state index in [4.69, 9.17) is 14.7 Å². The fourth-order valence-electron chi connectivity index (χ4n) is 3.36. The molecule has 0 saturated heterocycles. The van der Waals surface area contributed by atoms with E-state index in [0.717, 1.165) is 5.76 Å². The third-order valence-corrected chi connectivity index (χ3v) is 6.07. The number of rotatable bonds is 11. The largest absolute Gasteiger partial charge is 0.481 e. The number of benzene rings is 1. The summed E-state index contributed by atoms with van der Waals surface area (Å²) in [6, 6.07) is 9.72. The first-order valence-corrected chi connectivity index (χ1v) is 11.7. The van der Waals surface area contributed by atoms with Gasteiger partial charge in [0.05, 0.1) is 36.4 Å². The lowest BCUT2D eigenvalue weighted by Gasteiger charge is -2.28. The number of nitrogens with zero attached hydrogens (tertiary/aromatic N) is 4. The maximum absolute atomic E-state index is 11.5. The molecule has 1 unspecified atom stereocenters. The fraction of sp³-hybridized carbons (Fsp3) is 0.381. The average Bonchev–Trinajstić information content (AvgIpc) is 3.41. The van der Waals surface area contributed by atoms with Gasteiger partial charge in [-0.25, -0.2) is 18.2 Å². The van der Waals surface area contributed by atoms with Crippen LogP contribution in [0.2, 0.25) is 0 Å². The summed E-state index contributed by atoms with van der Waals surface area (Å²) in [5.41, 5.74) is 1.31. The molecule has 2 aromatic heterocycles. The van der Waals surface area contributed by atoms with Gasteiger partial charge in [0, 0.05) is 18.7 Å². The Labute approximate surface area is 186 Å². The monoisotopic (exact) mass is 461 g/mol. The van der Waals surface area contributed by atoms with Crippen LogP contribution >= 0.6 is 0 Å². The first-order valence-electron chi connectivity index (χ1n) is 10.1. The molecule has 0 saturated carbocycles. The SMILES string of the molecule is CC(C)C(CN(CCC(=O)O)Cc1ccco1)n1cc(-c2ccc(S(N)(=O)=O)cc2)nn1. The number of furan rings is 1. The number of carboxylic acid groups (broad SMARTS) is 1. The molecule has 0 bridgehead atoms. The molecule has 10 nitrogen and oxygen atoms in total. The molecule has 2 heterocycles. The summed E-state index contributed by atoms with van der Waals surface area (Å²) < 4.78 is 30.1. The van der Waals surface area contributed by atoms with Crippen LogP contribution < -0.4 is 5.14 Å². The minimum Gasteiger partial charge on any atom is -0.481 e.